The Bertz CT molecular complexity index is 933. The number of nitro groups is 1. The molecule has 7 nitrogen and oxygen atoms in total. The van der Waals surface area contributed by atoms with Crippen molar-refractivity contribution in [3.63, 3.8) is 0 Å². The van der Waals surface area contributed by atoms with Crippen molar-refractivity contribution in [1.82, 2.24) is 9.97 Å². The van der Waals surface area contributed by atoms with Crippen molar-refractivity contribution >= 4 is 33.3 Å². The summed E-state index contributed by atoms with van der Waals surface area (Å²) in [7, 11) is 0. The Morgan fingerprint density at radius 2 is 2.00 bits per heavy atom. The Morgan fingerprint density at radius 3 is 2.76 bits per heavy atom. The second-order valence-corrected chi connectivity index (χ2v) is 6.05. The normalized spacial score (nSPS) is 10.3. The lowest BCUT2D eigenvalue weighted by atomic mass is 10.2. The highest BCUT2D eigenvalue weighted by atomic mass is 79.9. The molecule has 0 aliphatic rings. The van der Waals surface area contributed by atoms with Gasteiger partial charge in [0.15, 0.2) is 0 Å². The highest BCUT2D eigenvalue weighted by Crippen LogP contribution is 2.30. The molecule has 126 valence electrons. The topological polar surface area (TPSA) is 90.2 Å². The zero-order valence-corrected chi connectivity index (χ0v) is 14.7. The van der Waals surface area contributed by atoms with Crippen LogP contribution in [0.25, 0.3) is 0 Å². The molecule has 0 amide bonds. The van der Waals surface area contributed by atoms with Crippen LogP contribution in [-0.2, 0) is 0 Å². The Hall–Kier alpha value is -3.00. The molecule has 0 bridgehead atoms. The number of nitrogens with zero attached hydrogens (tertiary/aromatic N) is 3. The number of aromatic nitrogens is 2. The fourth-order valence-electron chi connectivity index (χ4n) is 2.11. The van der Waals surface area contributed by atoms with Crippen molar-refractivity contribution in [3.05, 3.63) is 74.9 Å². The van der Waals surface area contributed by atoms with Crippen LogP contribution in [0.2, 0.25) is 0 Å². The maximum absolute atomic E-state index is 10.9. The largest absolute Gasteiger partial charge is 0.437 e. The average molecular weight is 401 g/mol. The van der Waals surface area contributed by atoms with E-state index in [2.05, 4.69) is 31.2 Å². The summed E-state index contributed by atoms with van der Waals surface area (Å²) < 4.78 is 6.20. The first-order chi connectivity index (χ1) is 12.0. The molecule has 8 heteroatoms. The number of hydrogen-bond acceptors (Lipinski definition) is 6. The predicted molar refractivity (Wildman–Crippen MR) is 97.4 cm³/mol. The lowest BCUT2D eigenvalue weighted by molar-refractivity contribution is -0.384. The lowest BCUT2D eigenvalue weighted by Gasteiger charge is -2.09. The molecule has 0 aliphatic heterocycles. The summed E-state index contributed by atoms with van der Waals surface area (Å²) in [5.41, 5.74) is 1.90. The Balaban J connectivity index is 1.84. The van der Waals surface area contributed by atoms with Gasteiger partial charge >= 0.3 is 0 Å². The van der Waals surface area contributed by atoms with E-state index in [9.17, 15) is 10.1 Å². The van der Waals surface area contributed by atoms with Gasteiger partial charge < -0.3 is 10.1 Å². The molecule has 0 unspecified atom stereocenters. The van der Waals surface area contributed by atoms with Crippen molar-refractivity contribution in [2.75, 3.05) is 5.32 Å². The van der Waals surface area contributed by atoms with Gasteiger partial charge in [-0.1, -0.05) is 18.2 Å². The predicted octanol–water partition coefficient (Wildman–Crippen LogP) is 4.99. The van der Waals surface area contributed by atoms with Gasteiger partial charge in [-0.25, -0.2) is 4.98 Å². The van der Waals surface area contributed by atoms with Crippen LogP contribution in [0.3, 0.4) is 0 Å². The number of anilines is 2. The van der Waals surface area contributed by atoms with Crippen LogP contribution in [0.4, 0.5) is 17.3 Å². The standard InChI is InChI=1S/C17H13BrN4O3/c1-11-4-2-5-12(8-11)20-17-19-10-15(18)16(21-17)25-14-7-3-6-13(9-14)22(23)24/h2-10H,1H3,(H,19,20,21). The van der Waals surface area contributed by atoms with Gasteiger partial charge in [0, 0.05) is 11.8 Å². The van der Waals surface area contributed by atoms with E-state index in [1.54, 1.807) is 18.3 Å². The summed E-state index contributed by atoms with van der Waals surface area (Å²) in [5.74, 6) is 0.926. The fraction of sp³-hybridized carbons (Fsp3) is 0.0588. The zero-order valence-electron chi connectivity index (χ0n) is 13.1. The summed E-state index contributed by atoms with van der Waals surface area (Å²) >= 11 is 3.32. The first-order valence-corrected chi connectivity index (χ1v) is 8.09. The van der Waals surface area contributed by atoms with Gasteiger partial charge in [-0.2, -0.15) is 4.98 Å². The van der Waals surface area contributed by atoms with Crippen LogP contribution in [0.5, 0.6) is 11.6 Å². The molecule has 0 spiro atoms. The van der Waals surface area contributed by atoms with Gasteiger partial charge in [-0.15, -0.1) is 0 Å². The van der Waals surface area contributed by atoms with Crippen LogP contribution in [0.15, 0.2) is 59.2 Å². The Morgan fingerprint density at radius 1 is 1.20 bits per heavy atom. The van der Waals surface area contributed by atoms with E-state index in [-0.39, 0.29) is 11.6 Å². The number of halogens is 1. The first-order valence-electron chi connectivity index (χ1n) is 7.30. The first kappa shape index (κ1) is 16.8. The van der Waals surface area contributed by atoms with Crippen molar-refractivity contribution < 1.29 is 9.66 Å². The van der Waals surface area contributed by atoms with E-state index < -0.39 is 4.92 Å². The van der Waals surface area contributed by atoms with E-state index in [1.807, 2.05) is 31.2 Å². The minimum absolute atomic E-state index is 0.0548. The van der Waals surface area contributed by atoms with Crippen molar-refractivity contribution in [1.29, 1.82) is 0 Å². The third kappa shape index (κ3) is 4.30. The minimum atomic E-state index is -0.480. The van der Waals surface area contributed by atoms with E-state index in [1.165, 1.54) is 12.1 Å². The molecular formula is C17H13BrN4O3. The Kier molecular flexibility index (Phi) is 4.90. The maximum atomic E-state index is 10.9. The number of non-ortho nitro benzene ring substituents is 1. The number of hydrogen-bond donors (Lipinski definition) is 1. The summed E-state index contributed by atoms with van der Waals surface area (Å²) in [4.78, 5) is 18.9. The minimum Gasteiger partial charge on any atom is -0.437 e. The second kappa shape index (κ2) is 7.27. The molecule has 25 heavy (non-hydrogen) atoms. The third-order valence-electron chi connectivity index (χ3n) is 3.23. The highest BCUT2D eigenvalue weighted by molar-refractivity contribution is 9.10. The smallest absolute Gasteiger partial charge is 0.273 e. The van der Waals surface area contributed by atoms with Crippen LogP contribution in [0, 0.1) is 17.0 Å². The van der Waals surface area contributed by atoms with Gasteiger partial charge in [0.1, 0.15) is 5.75 Å². The van der Waals surface area contributed by atoms with E-state index in [4.69, 9.17) is 4.74 Å². The summed E-state index contributed by atoms with van der Waals surface area (Å²) in [5, 5.41) is 14.0. The molecule has 1 aromatic heterocycles. The molecule has 0 saturated heterocycles. The molecule has 1 heterocycles. The molecule has 0 atom stereocenters. The van der Waals surface area contributed by atoms with Gasteiger partial charge in [-0.05, 0) is 46.6 Å². The number of rotatable bonds is 5. The molecule has 3 aromatic rings. The maximum Gasteiger partial charge on any atom is 0.273 e. The van der Waals surface area contributed by atoms with Crippen molar-refractivity contribution in [2.45, 2.75) is 6.92 Å². The summed E-state index contributed by atoms with van der Waals surface area (Å²) in [6, 6.07) is 13.7. The van der Waals surface area contributed by atoms with Crippen LogP contribution in [-0.4, -0.2) is 14.9 Å². The van der Waals surface area contributed by atoms with Crippen LogP contribution >= 0.6 is 15.9 Å². The Labute approximate surface area is 152 Å². The van der Waals surface area contributed by atoms with Crippen molar-refractivity contribution in [2.24, 2.45) is 0 Å². The molecule has 0 radical (unpaired) electrons. The quantitative estimate of drug-likeness (QED) is 0.479. The molecule has 0 fully saturated rings. The average Bonchev–Trinajstić information content (AvgIpc) is 2.58. The molecular weight excluding hydrogens is 388 g/mol. The zero-order chi connectivity index (χ0) is 17.8. The number of ether oxygens (including phenoxy) is 1. The fourth-order valence-corrected chi connectivity index (χ4v) is 2.38. The number of nitro benzene ring substituents is 1. The molecule has 0 aliphatic carbocycles. The molecule has 2 aromatic carbocycles. The number of aryl methyl sites for hydroxylation is 1. The highest BCUT2D eigenvalue weighted by Gasteiger charge is 2.11. The van der Waals surface area contributed by atoms with Gasteiger partial charge in [0.2, 0.25) is 11.8 Å². The van der Waals surface area contributed by atoms with Gasteiger partial charge in [0.25, 0.3) is 5.69 Å². The van der Waals surface area contributed by atoms with Crippen LogP contribution in [0.1, 0.15) is 5.56 Å². The summed E-state index contributed by atoms with van der Waals surface area (Å²) in [6.07, 6.45) is 1.55. The lowest BCUT2D eigenvalue weighted by Crippen LogP contribution is -1.99. The molecule has 3 rings (SSSR count). The second-order valence-electron chi connectivity index (χ2n) is 5.20. The van der Waals surface area contributed by atoms with E-state index in [0.717, 1.165) is 11.3 Å². The number of benzene rings is 2. The SMILES string of the molecule is Cc1cccc(Nc2ncc(Br)c(Oc3cccc([N+](=O)[O-])c3)n2)c1. The summed E-state index contributed by atoms with van der Waals surface area (Å²) in [6.45, 7) is 1.99. The monoisotopic (exact) mass is 400 g/mol. The van der Waals surface area contributed by atoms with Gasteiger partial charge in [0.05, 0.1) is 21.7 Å². The van der Waals surface area contributed by atoms with Crippen LogP contribution < -0.4 is 10.1 Å². The third-order valence-corrected chi connectivity index (χ3v) is 3.77. The number of nitrogens with one attached hydrogen (secondary N) is 1. The molecule has 1 N–H and O–H groups in total. The van der Waals surface area contributed by atoms with E-state index in [0.29, 0.717) is 16.2 Å². The van der Waals surface area contributed by atoms with Gasteiger partial charge in [-0.3, -0.25) is 10.1 Å². The van der Waals surface area contributed by atoms with Crippen molar-refractivity contribution in [3.8, 4) is 11.6 Å². The van der Waals surface area contributed by atoms with E-state index >= 15 is 0 Å². The molecule has 0 saturated carbocycles.